The molecule has 0 aromatic heterocycles. The Morgan fingerprint density at radius 2 is 1.61 bits per heavy atom. The number of hydrogen-bond acceptors (Lipinski definition) is 3. The Kier molecular flexibility index (Phi) is 7.54. The number of amides is 2. The Hall–Kier alpha value is -0.810. The van der Waals surface area contributed by atoms with E-state index in [1.165, 1.54) is 0 Å². The van der Waals surface area contributed by atoms with Gasteiger partial charge in [0.25, 0.3) is 0 Å². The van der Waals surface area contributed by atoms with Crippen LogP contribution >= 0.6 is 12.4 Å². The predicted molar refractivity (Wildman–Crippen MR) is 75.6 cm³/mol. The highest BCUT2D eigenvalue weighted by Gasteiger charge is 2.25. The molecule has 5 nitrogen and oxygen atoms in total. The van der Waals surface area contributed by atoms with Gasteiger partial charge >= 0.3 is 0 Å². The van der Waals surface area contributed by atoms with E-state index in [4.69, 9.17) is 5.73 Å². The molecule has 0 rings (SSSR count). The molecule has 4 N–H and O–H groups in total. The molecule has 0 saturated carbocycles. The molecule has 0 aromatic carbocycles. The molecular formula is C12H26ClN3O2. The first-order valence-corrected chi connectivity index (χ1v) is 5.81. The summed E-state index contributed by atoms with van der Waals surface area (Å²) in [5, 5.41) is 5.36. The van der Waals surface area contributed by atoms with E-state index in [1.807, 2.05) is 13.8 Å². The number of halogens is 1. The summed E-state index contributed by atoms with van der Waals surface area (Å²) in [5.74, 6) is -0.367. The molecule has 6 heteroatoms. The van der Waals surface area contributed by atoms with Crippen LogP contribution in [0.1, 0.15) is 41.5 Å². The fraction of sp³-hybridized carbons (Fsp3) is 0.833. The van der Waals surface area contributed by atoms with E-state index in [2.05, 4.69) is 10.6 Å². The van der Waals surface area contributed by atoms with Crippen molar-refractivity contribution in [2.75, 3.05) is 6.54 Å². The minimum atomic E-state index is -0.552. The maximum Gasteiger partial charge on any atom is 0.242 e. The number of carbonyl (C=O) groups is 2. The van der Waals surface area contributed by atoms with Crippen LogP contribution in [-0.4, -0.2) is 29.9 Å². The molecule has 2 amide bonds. The van der Waals surface area contributed by atoms with E-state index in [0.29, 0.717) is 6.54 Å². The van der Waals surface area contributed by atoms with Crippen LogP contribution in [0.3, 0.4) is 0 Å². The minimum Gasteiger partial charge on any atom is -0.353 e. The lowest BCUT2D eigenvalue weighted by molar-refractivity contribution is -0.133. The van der Waals surface area contributed by atoms with Gasteiger partial charge in [-0.05, 0) is 20.8 Å². The molecule has 108 valence electrons. The van der Waals surface area contributed by atoms with Crippen molar-refractivity contribution in [2.45, 2.75) is 53.1 Å². The summed E-state index contributed by atoms with van der Waals surface area (Å²) < 4.78 is 0. The Bertz CT molecular complexity index is 293. The summed E-state index contributed by atoms with van der Waals surface area (Å²) >= 11 is 0. The van der Waals surface area contributed by atoms with Gasteiger partial charge in [-0.2, -0.15) is 0 Å². The first kappa shape index (κ1) is 19.5. The van der Waals surface area contributed by atoms with Gasteiger partial charge in [-0.3, -0.25) is 9.59 Å². The third-order valence-corrected chi connectivity index (χ3v) is 2.14. The number of nitrogens with one attached hydrogen (secondary N) is 2. The molecule has 0 radical (unpaired) electrons. The number of rotatable bonds is 4. The second-order valence-corrected chi connectivity index (χ2v) is 6.15. The average molecular weight is 280 g/mol. The summed E-state index contributed by atoms with van der Waals surface area (Å²) in [4.78, 5) is 23.3. The molecule has 0 aliphatic rings. The van der Waals surface area contributed by atoms with Gasteiger partial charge in [0.2, 0.25) is 11.8 Å². The average Bonchev–Trinajstić information content (AvgIpc) is 2.11. The van der Waals surface area contributed by atoms with Gasteiger partial charge in [0.15, 0.2) is 0 Å². The van der Waals surface area contributed by atoms with Gasteiger partial charge in [0, 0.05) is 17.5 Å². The summed E-state index contributed by atoms with van der Waals surface area (Å²) in [6.45, 7) is 11.1. The lowest BCUT2D eigenvalue weighted by atomic mass is 9.95. The molecule has 0 saturated heterocycles. The summed E-state index contributed by atoms with van der Waals surface area (Å²) in [7, 11) is 0. The van der Waals surface area contributed by atoms with Gasteiger partial charge < -0.3 is 16.4 Å². The van der Waals surface area contributed by atoms with Crippen LogP contribution in [0.25, 0.3) is 0 Å². The quantitative estimate of drug-likeness (QED) is 0.712. The Morgan fingerprint density at radius 3 is 1.94 bits per heavy atom. The van der Waals surface area contributed by atoms with Crippen LogP contribution in [0.2, 0.25) is 0 Å². The van der Waals surface area contributed by atoms with Crippen molar-refractivity contribution in [3.05, 3.63) is 0 Å². The van der Waals surface area contributed by atoms with Crippen molar-refractivity contribution in [1.29, 1.82) is 0 Å². The van der Waals surface area contributed by atoms with E-state index in [0.717, 1.165) is 0 Å². The van der Waals surface area contributed by atoms with Crippen LogP contribution in [0, 0.1) is 5.41 Å². The first-order valence-electron chi connectivity index (χ1n) is 5.81. The van der Waals surface area contributed by atoms with E-state index < -0.39 is 17.0 Å². The SMILES string of the molecule is CC(NC(=O)C(C)(C)C)C(=O)NCC(C)(C)N.Cl. The first-order chi connectivity index (χ1) is 7.43. The van der Waals surface area contributed by atoms with Crippen molar-refractivity contribution in [2.24, 2.45) is 11.1 Å². The maximum absolute atomic E-state index is 11.7. The smallest absolute Gasteiger partial charge is 0.242 e. The molecule has 0 aliphatic carbocycles. The van der Waals surface area contributed by atoms with E-state index >= 15 is 0 Å². The molecule has 1 atom stereocenters. The number of carbonyl (C=O) groups excluding carboxylic acids is 2. The molecule has 1 unspecified atom stereocenters. The summed E-state index contributed by atoms with van der Waals surface area (Å²) in [5.41, 5.74) is 4.80. The van der Waals surface area contributed by atoms with Crippen molar-refractivity contribution in [3.63, 3.8) is 0 Å². The Morgan fingerprint density at radius 1 is 1.17 bits per heavy atom. The highest BCUT2D eigenvalue weighted by molar-refractivity contribution is 5.89. The van der Waals surface area contributed by atoms with Crippen LogP contribution in [0.5, 0.6) is 0 Å². The Balaban J connectivity index is 0. The summed E-state index contributed by atoms with van der Waals surface area (Å²) in [6.07, 6.45) is 0. The highest BCUT2D eigenvalue weighted by atomic mass is 35.5. The van der Waals surface area contributed by atoms with Crippen LogP contribution in [0.15, 0.2) is 0 Å². The molecule has 0 heterocycles. The van der Waals surface area contributed by atoms with Gasteiger partial charge in [0.05, 0.1) is 0 Å². The second kappa shape index (κ2) is 6.95. The third-order valence-electron chi connectivity index (χ3n) is 2.14. The standard InChI is InChI=1S/C12H25N3O2.ClH/c1-8(15-10(17)11(2,3)4)9(16)14-7-12(5,6)13;/h8H,7,13H2,1-6H3,(H,14,16)(H,15,17);1H. The zero-order chi connectivity index (χ0) is 13.9. The maximum atomic E-state index is 11.7. The molecule has 0 aromatic rings. The minimum absolute atomic E-state index is 0. The zero-order valence-corrected chi connectivity index (χ0v) is 12.9. The van der Waals surface area contributed by atoms with Crippen molar-refractivity contribution < 1.29 is 9.59 Å². The normalized spacial score (nSPS) is 13.3. The van der Waals surface area contributed by atoms with Gasteiger partial charge in [-0.1, -0.05) is 20.8 Å². The third kappa shape index (κ3) is 8.31. The fourth-order valence-electron chi connectivity index (χ4n) is 0.947. The van der Waals surface area contributed by atoms with Crippen LogP contribution < -0.4 is 16.4 Å². The van der Waals surface area contributed by atoms with Crippen molar-refractivity contribution in [3.8, 4) is 0 Å². The van der Waals surface area contributed by atoms with Crippen LogP contribution in [0.4, 0.5) is 0 Å². The number of hydrogen-bond donors (Lipinski definition) is 3. The topological polar surface area (TPSA) is 84.2 Å². The van der Waals surface area contributed by atoms with E-state index in [-0.39, 0.29) is 24.2 Å². The number of nitrogens with two attached hydrogens (primary N) is 1. The van der Waals surface area contributed by atoms with E-state index in [9.17, 15) is 9.59 Å². The molecule has 0 spiro atoms. The molecule has 0 bridgehead atoms. The predicted octanol–water partition coefficient (Wildman–Crippen LogP) is 0.812. The van der Waals surface area contributed by atoms with E-state index in [1.54, 1.807) is 27.7 Å². The molecule has 18 heavy (non-hydrogen) atoms. The molecule has 0 fully saturated rings. The largest absolute Gasteiger partial charge is 0.353 e. The van der Waals surface area contributed by atoms with Gasteiger partial charge in [0.1, 0.15) is 6.04 Å². The monoisotopic (exact) mass is 279 g/mol. The van der Waals surface area contributed by atoms with Crippen molar-refractivity contribution in [1.82, 2.24) is 10.6 Å². The second-order valence-electron chi connectivity index (χ2n) is 6.15. The summed E-state index contributed by atoms with van der Waals surface area (Å²) in [6, 6.07) is -0.552. The highest BCUT2D eigenvalue weighted by Crippen LogP contribution is 2.12. The zero-order valence-electron chi connectivity index (χ0n) is 12.1. The Labute approximate surface area is 116 Å². The lowest BCUT2D eigenvalue weighted by Gasteiger charge is -2.23. The molecule has 0 aliphatic heterocycles. The van der Waals surface area contributed by atoms with Gasteiger partial charge in [-0.25, -0.2) is 0 Å². The van der Waals surface area contributed by atoms with Crippen molar-refractivity contribution >= 4 is 24.2 Å². The lowest BCUT2D eigenvalue weighted by Crippen LogP contribution is -2.52. The van der Waals surface area contributed by atoms with Crippen LogP contribution in [-0.2, 0) is 9.59 Å². The molecular weight excluding hydrogens is 254 g/mol. The van der Waals surface area contributed by atoms with Gasteiger partial charge in [-0.15, -0.1) is 12.4 Å². The fourth-order valence-corrected chi connectivity index (χ4v) is 0.947.